The fourth-order valence-corrected chi connectivity index (χ4v) is 14.4. The van der Waals surface area contributed by atoms with Crippen LogP contribution in [0.3, 0.4) is 0 Å². The van der Waals surface area contributed by atoms with Crippen LogP contribution in [0.2, 0.25) is 0 Å². The number of nitrogens with zero attached hydrogens (tertiary/aromatic N) is 8. The van der Waals surface area contributed by atoms with Gasteiger partial charge in [0.2, 0.25) is 0 Å². The van der Waals surface area contributed by atoms with Crippen molar-refractivity contribution in [3.63, 3.8) is 0 Å². The fraction of sp³-hybridized carbons (Fsp3) is 0.397. The van der Waals surface area contributed by atoms with Crippen LogP contribution in [0.1, 0.15) is 103 Å². The van der Waals surface area contributed by atoms with E-state index in [1.807, 2.05) is 36.0 Å². The van der Waals surface area contributed by atoms with Gasteiger partial charge in [0.1, 0.15) is 11.6 Å². The summed E-state index contributed by atoms with van der Waals surface area (Å²) in [4.78, 5) is 22.2. The Labute approximate surface area is 454 Å². The van der Waals surface area contributed by atoms with Crippen molar-refractivity contribution in [1.82, 2.24) is 34.9 Å². The van der Waals surface area contributed by atoms with Gasteiger partial charge in [0.25, 0.3) is 0 Å². The number of hydrogen-bond donors (Lipinski definition) is 2. The van der Waals surface area contributed by atoms with Crippen molar-refractivity contribution in [2.24, 2.45) is 30.7 Å². The van der Waals surface area contributed by atoms with E-state index in [0.717, 1.165) is 150 Å². The molecule has 7 aromatic rings. The maximum Gasteiger partial charge on any atom is 0.417 e. The number of likely N-dealkylation sites (tertiary alicyclic amines) is 1. The number of pyridine rings is 2. The molecule has 3 aromatic carbocycles. The number of hydrogen-bond acceptors (Lipinski definition) is 10. The minimum atomic E-state index is -4.53. The summed E-state index contributed by atoms with van der Waals surface area (Å²) in [6.07, 6.45) is 7.85. The van der Waals surface area contributed by atoms with Crippen LogP contribution in [0.5, 0.6) is 0 Å². The van der Waals surface area contributed by atoms with Crippen molar-refractivity contribution in [3.8, 4) is 11.1 Å². The molecule has 4 aromatic heterocycles. The second-order valence-corrected chi connectivity index (χ2v) is 23.5. The Morgan fingerprint density at radius 2 is 1.57 bits per heavy atom. The number of rotatable bonds is 15. The molecule has 398 valence electrons. The molecule has 0 amide bonds. The Hall–Kier alpha value is -6.77. The van der Waals surface area contributed by atoms with E-state index in [-0.39, 0.29) is 17.4 Å². The molecule has 4 fully saturated rings. The number of benzene rings is 3. The fourth-order valence-electron chi connectivity index (χ4n) is 13.6. The minimum absolute atomic E-state index is 0.153. The average molecular weight is 1060 g/mol. The number of fused-ring (bicyclic) bond motifs is 4. The average Bonchev–Trinajstić information content (AvgIpc) is 4.23. The standard InChI is InChI=1S/C63H69F3N10S/c1-6-54-50(26-28-57(69-54)75-32-30-44-14-11-16-48(53(44)38-75)40(3)68-62-70-55-18-7-8-19-56(55)77-62)51-17-12-15-45(59(51)63(64,65)66)33-43-23-21-42(22-24-43)13-9-10-31-74-34-46-36-76(37-47(46)35-74)58-29-27-52-60(72-73(5)61(52)71-58)49-25-20-39(2)67-41(49)4/h6-8,11-12,14-19,26-29,42-43,46-47,49,67H,1-4,9-10,13,20-25,30-38H2,5H3,(H,68,70). The number of unbranched alkanes of at least 4 members (excludes halogenated alkanes) is 1. The number of allylic oxidation sites excluding steroid dienone is 2. The first-order valence-corrected chi connectivity index (χ1v) is 28.6. The van der Waals surface area contributed by atoms with Crippen molar-refractivity contribution < 1.29 is 13.2 Å². The van der Waals surface area contributed by atoms with Crippen molar-refractivity contribution in [3.05, 3.63) is 162 Å². The molecule has 12 rings (SSSR count). The van der Waals surface area contributed by atoms with Crippen LogP contribution in [0.15, 0.2) is 123 Å². The summed E-state index contributed by atoms with van der Waals surface area (Å²) >= 11 is 1.59. The predicted octanol–water partition coefficient (Wildman–Crippen LogP) is 14.0. The van der Waals surface area contributed by atoms with Crippen LogP contribution in [0.4, 0.5) is 29.9 Å². The molecule has 10 nitrogen and oxygen atoms in total. The third kappa shape index (κ3) is 10.4. The Morgan fingerprint density at radius 1 is 0.805 bits per heavy atom. The molecule has 14 heteroatoms. The van der Waals surface area contributed by atoms with Gasteiger partial charge in [-0.3, -0.25) is 4.68 Å². The van der Waals surface area contributed by atoms with Gasteiger partial charge in [-0.1, -0.05) is 112 Å². The zero-order valence-corrected chi connectivity index (χ0v) is 45.0. The molecule has 2 N–H and O–H groups in total. The van der Waals surface area contributed by atoms with Crippen molar-refractivity contribution in [2.45, 2.75) is 89.3 Å². The first-order chi connectivity index (χ1) is 37.3. The van der Waals surface area contributed by atoms with E-state index >= 15 is 13.2 Å². The number of aryl methyl sites for hydroxylation is 1. The highest BCUT2D eigenvalue weighted by atomic mass is 32.1. The highest BCUT2D eigenvalue weighted by Gasteiger charge is 2.41. The Bertz CT molecular complexity index is 3350. The lowest BCUT2D eigenvalue weighted by molar-refractivity contribution is -0.137. The van der Waals surface area contributed by atoms with E-state index in [9.17, 15) is 0 Å². The van der Waals surface area contributed by atoms with Gasteiger partial charge in [-0.2, -0.15) is 18.3 Å². The Morgan fingerprint density at radius 3 is 2.35 bits per heavy atom. The number of para-hydroxylation sites is 1. The highest BCUT2D eigenvalue weighted by molar-refractivity contribution is 7.22. The van der Waals surface area contributed by atoms with Gasteiger partial charge in [0.15, 0.2) is 10.8 Å². The number of anilines is 3. The molecule has 8 heterocycles. The zero-order chi connectivity index (χ0) is 53.0. The van der Waals surface area contributed by atoms with Crippen molar-refractivity contribution in [1.29, 1.82) is 0 Å². The van der Waals surface area contributed by atoms with Gasteiger partial charge in [-0.25, -0.2) is 15.0 Å². The molecule has 3 atom stereocenters. The molecule has 0 spiro atoms. The monoisotopic (exact) mass is 1050 g/mol. The number of piperidine rings is 1. The normalized spacial score (nSPS) is 21.9. The smallest absolute Gasteiger partial charge is 0.363 e. The number of aromatic nitrogens is 5. The van der Waals surface area contributed by atoms with E-state index in [1.165, 1.54) is 24.8 Å². The summed E-state index contributed by atoms with van der Waals surface area (Å²) in [7, 11) is 1.99. The summed E-state index contributed by atoms with van der Waals surface area (Å²) in [5.41, 5.74) is 9.95. The summed E-state index contributed by atoms with van der Waals surface area (Å²) in [5.74, 6) is 4.08. The number of thiazole rings is 1. The number of halogens is 3. The van der Waals surface area contributed by atoms with E-state index < -0.39 is 11.7 Å². The summed E-state index contributed by atoms with van der Waals surface area (Å²) in [6.45, 7) is 23.6. The molecule has 4 aliphatic heterocycles. The SMILES string of the molecule is C=Cc1nc(N2CCc3cccc(C(=C)Nc4nc5ccccc5s4)c3C2)ccc1-c1cccc(CC2CCC(CCCCN3CC4CN(c5ccc6c(C7CCC(=C)NC7=C)nn(C)c6n5)CC4C3)CC2)c1C(F)(F)F. The molecule has 1 aliphatic carbocycles. The largest absolute Gasteiger partial charge is 0.417 e. The molecule has 0 bridgehead atoms. The van der Waals surface area contributed by atoms with Gasteiger partial charge < -0.3 is 25.3 Å². The number of nitrogens with one attached hydrogen (secondary N) is 2. The first-order valence-electron chi connectivity index (χ1n) is 27.8. The van der Waals surface area contributed by atoms with Gasteiger partial charge in [0, 0.05) is 85.8 Å². The van der Waals surface area contributed by atoms with Gasteiger partial charge >= 0.3 is 6.18 Å². The van der Waals surface area contributed by atoms with Crippen molar-refractivity contribution in [2.75, 3.05) is 54.4 Å². The molecule has 5 aliphatic rings. The van der Waals surface area contributed by atoms with Crippen LogP contribution in [0, 0.1) is 23.7 Å². The van der Waals surface area contributed by atoms with Crippen LogP contribution in [-0.2, 0) is 32.6 Å². The highest BCUT2D eigenvalue weighted by Crippen LogP contribution is 2.44. The summed E-state index contributed by atoms with van der Waals surface area (Å²) in [6, 6.07) is 27.5. The van der Waals surface area contributed by atoms with Gasteiger partial charge in [-0.15, -0.1) is 0 Å². The van der Waals surface area contributed by atoms with E-state index in [2.05, 4.69) is 88.0 Å². The second-order valence-electron chi connectivity index (χ2n) is 22.5. The molecule has 3 saturated heterocycles. The van der Waals surface area contributed by atoms with E-state index in [4.69, 9.17) is 20.1 Å². The molecule has 77 heavy (non-hydrogen) atoms. The van der Waals surface area contributed by atoms with E-state index in [1.54, 1.807) is 41.7 Å². The van der Waals surface area contributed by atoms with Gasteiger partial charge in [0.05, 0.1) is 27.2 Å². The Kier molecular flexibility index (Phi) is 14.1. The summed E-state index contributed by atoms with van der Waals surface area (Å²) in [5, 5.41) is 13.6. The number of alkyl halides is 3. The molecular weight excluding hydrogens is 986 g/mol. The zero-order valence-electron chi connectivity index (χ0n) is 44.2. The van der Waals surface area contributed by atoms with Crippen molar-refractivity contribution >= 4 is 61.1 Å². The second kappa shape index (κ2) is 21.2. The minimum Gasteiger partial charge on any atom is -0.363 e. The van der Waals surface area contributed by atoms with Crippen LogP contribution >= 0.6 is 11.3 Å². The molecule has 3 unspecified atom stereocenters. The van der Waals surface area contributed by atoms with Gasteiger partial charge in [-0.05, 0) is 140 Å². The third-order valence-corrected chi connectivity index (χ3v) is 18.5. The lowest BCUT2D eigenvalue weighted by atomic mass is 9.76. The summed E-state index contributed by atoms with van der Waals surface area (Å²) < 4.78 is 49.0. The van der Waals surface area contributed by atoms with E-state index in [0.29, 0.717) is 53.4 Å². The lowest BCUT2D eigenvalue weighted by Gasteiger charge is -2.32. The quantitative estimate of drug-likeness (QED) is 0.0975. The maximum absolute atomic E-state index is 15.3. The maximum atomic E-state index is 15.3. The predicted molar refractivity (Wildman–Crippen MR) is 309 cm³/mol. The molecular formula is C63H69F3N10S. The van der Waals surface area contributed by atoms with Crippen LogP contribution in [-0.4, -0.2) is 68.9 Å². The molecule has 1 saturated carbocycles. The first kappa shape index (κ1) is 51.0. The molecule has 0 radical (unpaired) electrons. The third-order valence-electron chi connectivity index (χ3n) is 17.5. The lowest BCUT2D eigenvalue weighted by Crippen LogP contribution is -2.32. The van der Waals surface area contributed by atoms with Crippen LogP contribution in [0.25, 0.3) is 44.1 Å². The Balaban J connectivity index is 0.625. The van der Waals surface area contributed by atoms with Crippen LogP contribution < -0.4 is 20.4 Å². The topological polar surface area (TPSA) is 90.3 Å².